The molecule has 0 heterocycles. The van der Waals surface area contributed by atoms with Crippen LogP contribution in [0, 0.1) is 6.92 Å². The highest BCUT2D eigenvalue weighted by molar-refractivity contribution is 7.92. The van der Waals surface area contributed by atoms with Gasteiger partial charge in [-0.05, 0) is 81.6 Å². The van der Waals surface area contributed by atoms with Gasteiger partial charge in [0.2, 0.25) is 11.8 Å². The fourth-order valence-corrected chi connectivity index (χ4v) is 6.03. The van der Waals surface area contributed by atoms with Crippen LogP contribution in [0.2, 0.25) is 10.0 Å². The van der Waals surface area contributed by atoms with Crippen molar-refractivity contribution < 1.29 is 18.0 Å². The van der Waals surface area contributed by atoms with Gasteiger partial charge in [-0.15, -0.1) is 0 Å². The maximum absolute atomic E-state index is 14.1. The molecule has 214 valence electrons. The van der Waals surface area contributed by atoms with E-state index in [2.05, 4.69) is 5.32 Å². The third-order valence-corrected chi connectivity index (χ3v) is 8.46. The maximum Gasteiger partial charge on any atom is 0.264 e. The number of rotatable bonds is 10. The summed E-state index contributed by atoms with van der Waals surface area (Å²) in [7, 11) is -4.17. The molecule has 0 aliphatic rings. The summed E-state index contributed by atoms with van der Waals surface area (Å²) in [5.41, 5.74) is 1.12. The second-order valence-electron chi connectivity index (χ2n) is 10.6. The van der Waals surface area contributed by atoms with Crippen molar-refractivity contribution in [2.24, 2.45) is 0 Å². The molecule has 3 rings (SSSR count). The molecule has 1 N–H and O–H groups in total. The summed E-state index contributed by atoms with van der Waals surface area (Å²) in [6.07, 6.45) is 0.322. The average molecular weight is 605 g/mol. The van der Waals surface area contributed by atoms with Crippen LogP contribution in [0.25, 0.3) is 0 Å². The SMILES string of the molecule is CC[C@H](C(=O)NC(C)(C)C)N(Cc1ccc(Cl)cc1)C(=O)CN(c1cc(Cl)ccc1C)S(=O)(=O)c1ccccc1. The Morgan fingerprint density at radius 2 is 1.52 bits per heavy atom. The van der Waals surface area contributed by atoms with Gasteiger partial charge in [-0.3, -0.25) is 13.9 Å². The highest BCUT2D eigenvalue weighted by atomic mass is 35.5. The Bertz CT molecular complexity index is 1440. The number of hydrogen-bond acceptors (Lipinski definition) is 4. The van der Waals surface area contributed by atoms with Gasteiger partial charge in [-0.25, -0.2) is 8.42 Å². The first-order valence-electron chi connectivity index (χ1n) is 12.9. The molecule has 0 unspecified atom stereocenters. The summed E-state index contributed by atoms with van der Waals surface area (Å²) in [5.74, 6) is -0.863. The molecule has 3 aromatic rings. The zero-order chi connectivity index (χ0) is 29.7. The van der Waals surface area contributed by atoms with Crippen molar-refractivity contribution in [1.29, 1.82) is 0 Å². The number of carbonyl (C=O) groups excluding carboxylic acids is 2. The van der Waals surface area contributed by atoms with Gasteiger partial charge in [-0.1, -0.05) is 66.5 Å². The van der Waals surface area contributed by atoms with Crippen LogP contribution in [-0.4, -0.2) is 43.3 Å². The van der Waals surface area contributed by atoms with E-state index in [0.717, 1.165) is 9.87 Å². The van der Waals surface area contributed by atoms with Crippen LogP contribution >= 0.6 is 23.2 Å². The number of nitrogens with zero attached hydrogens (tertiary/aromatic N) is 2. The zero-order valence-corrected chi connectivity index (χ0v) is 25.6. The molecule has 0 aliphatic carbocycles. The van der Waals surface area contributed by atoms with Crippen molar-refractivity contribution in [2.75, 3.05) is 10.8 Å². The van der Waals surface area contributed by atoms with Crippen LogP contribution in [-0.2, 0) is 26.2 Å². The molecular formula is C30H35Cl2N3O4S. The Hall–Kier alpha value is -3.07. The molecule has 0 aromatic heterocycles. The van der Waals surface area contributed by atoms with Crippen molar-refractivity contribution in [3.63, 3.8) is 0 Å². The van der Waals surface area contributed by atoms with Gasteiger partial charge in [-0.2, -0.15) is 0 Å². The zero-order valence-electron chi connectivity index (χ0n) is 23.3. The lowest BCUT2D eigenvalue weighted by atomic mass is 10.1. The van der Waals surface area contributed by atoms with Crippen LogP contribution in [0.5, 0.6) is 0 Å². The van der Waals surface area contributed by atoms with Crippen molar-refractivity contribution in [3.05, 3.63) is 94.0 Å². The van der Waals surface area contributed by atoms with E-state index in [1.165, 1.54) is 23.1 Å². The second kappa shape index (κ2) is 13.1. The number of nitrogens with one attached hydrogen (secondary N) is 1. The molecule has 2 amide bonds. The van der Waals surface area contributed by atoms with E-state index in [9.17, 15) is 18.0 Å². The predicted molar refractivity (Wildman–Crippen MR) is 161 cm³/mol. The summed E-state index contributed by atoms with van der Waals surface area (Å²) < 4.78 is 28.9. The molecule has 10 heteroatoms. The van der Waals surface area contributed by atoms with Crippen LogP contribution in [0.3, 0.4) is 0 Å². The Morgan fingerprint density at radius 1 is 0.925 bits per heavy atom. The Balaban J connectivity index is 2.10. The van der Waals surface area contributed by atoms with Crippen molar-refractivity contribution in [1.82, 2.24) is 10.2 Å². The molecule has 0 saturated heterocycles. The highest BCUT2D eigenvalue weighted by Gasteiger charge is 2.35. The summed E-state index contributed by atoms with van der Waals surface area (Å²) in [5, 5.41) is 3.82. The van der Waals surface area contributed by atoms with Crippen LogP contribution in [0.4, 0.5) is 5.69 Å². The van der Waals surface area contributed by atoms with Gasteiger partial charge in [0.25, 0.3) is 10.0 Å². The van der Waals surface area contributed by atoms with E-state index in [-0.39, 0.29) is 23.0 Å². The van der Waals surface area contributed by atoms with Gasteiger partial charge in [0.15, 0.2) is 0 Å². The number of benzene rings is 3. The molecule has 0 fully saturated rings. The van der Waals surface area contributed by atoms with E-state index in [4.69, 9.17) is 23.2 Å². The summed E-state index contributed by atoms with van der Waals surface area (Å²) >= 11 is 12.3. The lowest BCUT2D eigenvalue weighted by molar-refractivity contribution is -0.141. The van der Waals surface area contributed by atoms with Crippen LogP contribution < -0.4 is 9.62 Å². The number of sulfonamides is 1. The van der Waals surface area contributed by atoms with Gasteiger partial charge in [0, 0.05) is 22.1 Å². The minimum Gasteiger partial charge on any atom is -0.350 e. The molecular weight excluding hydrogens is 569 g/mol. The smallest absolute Gasteiger partial charge is 0.264 e. The predicted octanol–water partition coefficient (Wildman–Crippen LogP) is 6.22. The summed E-state index contributed by atoms with van der Waals surface area (Å²) in [4.78, 5) is 29.0. The van der Waals surface area contributed by atoms with Crippen molar-refractivity contribution >= 4 is 50.7 Å². The first-order chi connectivity index (χ1) is 18.7. The van der Waals surface area contributed by atoms with Gasteiger partial charge in [0.1, 0.15) is 12.6 Å². The third kappa shape index (κ3) is 7.99. The minimum absolute atomic E-state index is 0.0314. The molecule has 0 radical (unpaired) electrons. The van der Waals surface area contributed by atoms with Crippen molar-refractivity contribution in [2.45, 2.75) is 64.1 Å². The van der Waals surface area contributed by atoms with Gasteiger partial charge in [0.05, 0.1) is 10.6 Å². The highest BCUT2D eigenvalue weighted by Crippen LogP contribution is 2.30. The monoisotopic (exact) mass is 603 g/mol. The molecule has 3 aromatic carbocycles. The first kappa shape index (κ1) is 31.5. The average Bonchev–Trinajstić information content (AvgIpc) is 2.89. The Morgan fingerprint density at radius 3 is 2.10 bits per heavy atom. The fraction of sp³-hybridized carbons (Fsp3) is 0.333. The fourth-order valence-electron chi connectivity index (χ4n) is 4.24. The summed E-state index contributed by atoms with van der Waals surface area (Å²) in [6.45, 7) is 8.69. The molecule has 0 saturated carbocycles. The van der Waals surface area contributed by atoms with Crippen LogP contribution in [0.15, 0.2) is 77.7 Å². The molecule has 0 spiro atoms. The quantitative estimate of drug-likeness (QED) is 0.298. The number of amides is 2. The standard InChI is InChI=1S/C30H35Cl2N3O4S/c1-6-26(29(37)33-30(3,4)5)34(19-22-13-16-23(31)17-14-22)28(36)20-35(27-18-24(32)15-12-21(27)2)40(38,39)25-10-8-7-9-11-25/h7-18,26H,6,19-20H2,1-5H3,(H,33,37)/t26-/m1/s1. The number of anilines is 1. The van der Waals surface area contributed by atoms with E-state index < -0.39 is 34.1 Å². The Kier molecular flexibility index (Phi) is 10.3. The number of hydrogen-bond donors (Lipinski definition) is 1. The number of halogens is 2. The van der Waals surface area contributed by atoms with E-state index in [0.29, 0.717) is 22.0 Å². The second-order valence-corrected chi connectivity index (χ2v) is 13.3. The normalized spacial score (nSPS) is 12.5. The van der Waals surface area contributed by atoms with Gasteiger partial charge < -0.3 is 10.2 Å². The molecule has 7 nitrogen and oxygen atoms in total. The first-order valence-corrected chi connectivity index (χ1v) is 15.1. The number of carbonyl (C=O) groups is 2. The van der Waals surface area contributed by atoms with Crippen LogP contribution in [0.1, 0.15) is 45.2 Å². The lowest BCUT2D eigenvalue weighted by Gasteiger charge is -2.35. The lowest BCUT2D eigenvalue weighted by Crippen LogP contribution is -2.55. The van der Waals surface area contributed by atoms with E-state index in [1.807, 2.05) is 27.7 Å². The summed E-state index contributed by atoms with van der Waals surface area (Å²) in [6, 6.07) is 18.9. The topological polar surface area (TPSA) is 86.8 Å². The largest absolute Gasteiger partial charge is 0.350 e. The third-order valence-electron chi connectivity index (χ3n) is 6.20. The molecule has 0 bridgehead atoms. The Labute approximate surface area is 247 Å². The minimum atomic E-state index is -4.17. The van der Waals surface area contributed by atoms with Gasteiger partial charge >= 0.3 is 0 Å². The van der Waals surface area contributed by atoms with E-state index >= 15 is 0 Å². The molecule has 0 aliphatic heterocycles. The molecule has 40 heavy (non-hydrogen) atoms. The molecule has 1 atom stereocenters. The van der Waals surface area contributed by atoms with Crippen molar-refractivity contribution in [3.8, 4) is 0 Å². The maximum atomic E-state index is 14.1. The number of aryl methyl sites for hydroxylation is 1. The van der Waals surface area contributed by atoms with E-state index in [1.54, 1.807) is 61.5 Å².